The van der Waals surface area contributed by atoms with Gasteiger partial charge in [0.15, 0.2) is 0 Å². The average Bonchev–Trinajstić information content (AvgIpc) is 2.83. The number of hydrogen-bond donors (Lipinski definition) is 2. The molecule has 1 amide bonds. The summed E-state index contributed by atoms with van der Waals surface area (Å²) in [7, 11) is 0. The molecule has 0 aromatic heterocycles. The Morgan fingerprint density at radius 1 is 0.758 bits per heavy atom. The van der Waals surface area contributed by atoms with Crippen LogP contribution in [-0.4, -0.2) is 5.91 Å². The molecule has 4 aromatic carbocycles. The van der Waals surface area contributed by atoms with Crippen molar-refractivity contribution < 1.29 is 9.53 Å². The van der Waals surface area contributed by atoms with Gasteiger partial charge in [-0.15, -0.1) is 0 Å². The first-order chi connectivity index (χ1) is 16.1. The van der Waals surface area contributed by atoms with Crippen LogP contribution in [0.25, 0.3) is 0 Å². The van der Waals surface area contributed by atoms with Gasteiger partial charge in [-0.2, -0.15) is 0 Å². The molecule has 0 aliphatic rings. The molecule has 0 aliphatic carbocycles. The van der Waals surface area contributed by atoms with Crippen LogP contribution in [0, 0.1) is 0 Å². The normalized spacial score (nSPS) is 10.5. The molecule has 0 atom stereocenters. The van der Waals surface area contributed by atoms with Crippen LogP contribution in [0.4, 0.5) is 17.1 Å². The second-order valence-corrected chi connectivity index (χ2v) is 8.22. The minimum absolute atomic E-state index is 0.132. The van der Waals surface area contributed by atoms with Crippen LogP contribution in [0.15, 0.2) is 97.1 Å². The zero-order valence-corrected chi connectivity index (χ0v) is 19.2. The minimum atomic E-state index is -0.132. The quantitative estimate of drug-likeness (QED) is 0.276. The third-order valence-corrected chi connectivity index (χ3v) is 5.61. The zero-order chi connectivity index (χ0) is 23.0. The summed E-state index contributed by atoms with van der Waals surface area (Å²) < 4.78 is 5.80. The summed E-state index contributed by atoms with van der Waals surface area (Å²) in [6, 6.07) is 30.2. The summed E-state index contributed by atoms with van der Waals surface area (Å²) in [5.74, 6) is 0.607. The predicted octanol–water partition coefficient (Wildman–Crippen LogP) is 7.50. The number of halogens is 2. The number of ether oxygens (including phenoxy) is 1. The number of rotatable bonds is 8. The molecule has 6 heteroatoms. The fraction of sp³-hybridized carbons (Fsp3) is 0.0741. The van der Waals surface area contributed by atoms with Gasteiger partial charge in [-0.3, -0.25) is 4.79 Å². The maximum Gasteiger partial charge on any atom is 0.228 e. The van der Waals surface area contributed by atoms with Gasteiger partial charge < -0.3 is 15.4 Å². The fourth-order valence-electron chi connectivity index (χ4n) is 3.30. The van der Waals surface area contributed by atoms with E-state index in [4.69, 9.17) is 27.9 Å². The number of carbonyl (C=O) groups is 1. The molecule has 0 spiro atoms. The predicted molar refractivity (Wildman–Crippen MR) is 136 cm³/mol. The second kappa shape index (κ2) is 10.9. The molecule has 0 bridgehead atoms. The van der Waals surface area contributed by atoms with E-state index < -0.39 is 0 Å². The Morgan fingerprint density at radius 3 is 2.15 bits per heavy atom. The number of carbonyl (C=O) groups excluding carboxylic acids is 1. The Bertz CT molecular complexity index is 1210. The van der Waals surface area contributed by atoms with Gasteiger partial charge in [0.2, 0.25) is 5.91 Å². The first-order valence-electron chi connectivity index (χ1n) is 10.4. The molecule has 0 saturated carbocycles. The molecule has 4 rings (SSSR count). The van der Waals surface area contributed by atoms with E-state index in [2.05, 4.69) is 10.6 Å². The van der Waals surface area contributed by atoms with E-state index in [9.17, 15) is 4.79 Å². The first kappa shape index (κ1) is 22.7. The molecule has 2 N–H and O–H groups in total. The first-order valence-corrected chi connectivity index (χ1v) is 11.2. The topological polar surface area (TPSA) is 50.4 Å². The molecule has 4 nitrogen and oxygen atoms in total. The van der Waals surface area contributed by atoms with Crippen molar-refractivity contribution in [3.05, 3.63) is 118 Å². The highest BCUT2D eigenvalue weighted by molar-refractivity contribution is 6.39. The lowest BCUT2D eigenvalue weighted by Crippen LogP contribution is -2.15. The van der Waals surface area contributed by atoms with Gasteiger partial charge in [-0.25, -0.2) is 0 Å². The number of benzene rings is 4. The van der Waals surface area contributed by atoms with Gasteiger partial charge in [0, 0.05) is 11.4 Å². The lowest BCUT2D eigenvalue weighted by atomic mass is 10.1. The SMILES string of the molecule is O=C(Cc1ccccc1Nc1c(Cl)cccc1Cl)Nc1ccc(OCc2ccccc2)cc1. The molecule has 166 valence electrons. The number of anilines is 3. The standard InChI is InChI=1S/C27H22Cl2N2O2/c28-23-10-6-11-24(29)27(23)31-25-12-5-4-9-20(25)17-26(32)30-21-13-15-22(16-14-21)33-18-19-7-2-1-3-8-19/h1-16,31H,17-18H2,(H,30,32). The van der Waals surface area contributed by atoms with Gasteiger partial charge in [-0.05, 0) is 53.6 Å². The van der Waals surface area contributed by atoms with E-state index in [-0.39, 0.29) is 12.3 Å². The van der Waals surface area contributed by atoms with Crippen LogP contribution in [0.3, 0.4) is 0 Å². The minimum Gasteiger partial charge on any atom is -0.489 e. The zero-order valence-electron chi connectivity index (χ0n) is 17.7. The molecule has 0 unspecified atom stereocenters. The Balaban J connectivity index is 1.37. The van der Waals surface area contributed by atoms with Crippen molar-refractivity contribution in [2.75, 3.05) is 10.6 Å². The second-order valence-electron chi connectivity index (χ2n) is 7.40. The number of amides is 1. The van der Waals surface area contributed by atoms with Gasteiger partial charge in [0.25, 0.3) is 0 Å². The summed E-state index contributed by atoms with van der Waals surface area (Å²) in [5, 5.41) is 7.20. The fourth-order valence-corrected chi connectivity index (χ4v) is 3.79. The smallest absolute Gasteiger partial charge is 0.228 e. The summed E-state index contributed by atoms with van der Waals surface area (Å²) in [6.45, 7) is 0.492. The largest absolute Gasteiger partial charge is 0.489 e. The Labute approximate surface area is 203 Å². The van der Waals surface area contributed by atoms with Gasteiger partial charge in [-0.1, -0.05) is 77.8 Å². The van der Waals surface area contributed by atoms with Crippen LogP contribution in [0.2, 0.25) is 10.0 Å². The van der Waals surface area contributed by atoms with Crippen molar-refractivity contribution in [2.24, 2.45) is 0 Å². The molecule has 0 aliphatic heterocycles. The molecular weight excluding hydrogens is 455 g/mol. The maximum absolute atomic E-state index is 12.7. The molecule has 4 aromatic rings. The average molecular weight is 477 g/mol. The lowest BCUT2D eigenvalue weighted by molar-refractivity contribution is -0.115. The van der Waals surface area contributed by atoms with Crippen molar-refractivity contribution in [2.45, 2.75) is 13.0 Å². The van der Waals surface area contributed by atoms with Gasteiger partial charge in [0.05, 0.1) is 22.2 Å². The maximum atomic E-state index is 12.7. The number of para-hydroxylation sites is 2. The van der Waals surface area contributed by atoms with E-state index in [1.165, 1.54) is 0 Å². The monoisotopic (exact) mass is 476 g/mol. The Kier molecular flexibility index (Phi) is 7.51. The van der Waals surface area contributed by atoms with E-state index in [1.807, 2.05) is 78.9 Å². The van der Waals surface area contributed by atoms with E-state index in [0.717, 1.165) is 22.6 Å². The van der Waals surface area contributed by atoms with Crippen LogP contribution >= 0.6 is 23.2 Å². The van der Waals surface area contributed by atoms with E-state index in [0.29, 0.717) is 28.0 Å². The highest BCUT2D eigenvalue weighted by Gasteiger charge is 2.11. The Morgan fingerprint density at radius 2 is 1.42 bits per heavy atom. The molecule has 0 saturated heterocycles. The van der Waals surface area contributed by atoms with Crippen molar-refractivity contribution in [3.8, 4) is 5.75 Å². The van der Waals surface area contributed by atoms with E-state index in [1.54, 1.807) is 18.2 Å². The summed E-state index contributed by atoms with van der Waals surface area (Å²) in [5.41, 5.74) is 4.01. The third kappa shape index (κ3) is 6.28. The van der Waals surface area contributed by atoms with Crippen molar-refractivity contribution in [1.82, 2.24) is 0 Å². The van der Waals surface area contributed by atoms with Gasteiger partial charge >= 0.3 is 0 Å². The number of hydrogen-bond acceptors (Lipinski definition) is 3. The number of nitrogens with one attached hydrogen (secondary N) is 2. The molecule has 0 heterocycles. The molecular formula is C27H22Cl2N2O2. The highest BCUT2D eigenvalue weighted by atomic mass is 35.5. The van der Waals surface area contributed by atoms with Gasteiger partial charge in [0.1, 0.15) is 12.4 Å². The molecule has 0 fully saturated rings. The Hall–Kier alpha value is -3.47. The van der Waals surface area contributed by atoms with Crippen molar-refractivity contribution in [1.29, 1.82) is 0 Å². The van der Waals surface area contributed by atoms with Crippen molar-refractivity contribution >= 4 is 46.2 Å². The highest BCUT2D eigenvalue weighted by Crippen LogP contribution is 2.33. The summed E-state index contributed by atoms with van der Waals surface area (Å²) >= 11 is 12.6. The third-order valence-electron chi connectivity index (χ3n) is 4.98. The summed E-state index contributed by atoms with van der Waals surface area (Å²) in [4.78, 5) is 12.7. The van der Waals surface area contributed by atoms with Crippen LogP contribution in [0.1, 0.15) is 11.1 Å². The molecule has 33 heavy (non-hydrogen) atoms. The van der Waals surface area contributed by atoms with Crippen LogP contribution < -0.4 is 15.4 Å². The van der Waals surface area contributed by atoms with Crippen LogP contribution in [0.5, 0.6) is 5.75 Å². The lowest BCUT2D eigenvalue weighted by Gasteiger charge is -2.14. The molecule has 0 radical (unpaired) electrons. The van der Waals surface area contributed by atoms with E-state index >= 15 is 0 Å². The summed E-state index contributed by atoms with van der Waals surface area (Å²) in [6.07, 6.45) is 0.192. The van der Waals surface area contributed by atoms with Crippen LogP contribution in [-0.2, 0) is 17.8 Å². The van der Waals surface area contributed by atoms with Crippen molar-refractivity contribution in [3.63, 3.8) is 0 Å².